The van der Waals surface area contributed by atoms with Crippen LogP contribution in [0, 0.1) is 0 Å². The number of aromatic nitrogens is 2. The van der Waals surface area contributed by atoms with Gasteiger partial charge in [-0.05, 0) is 0 Å². The lowest BCUT2D eigenvalue weighted by Crippen LogP contribution is -2.34. The summed E-state index contributed by atoms with van der Waals surface area (Å²) in [6.45, 7) is 0.247. The van der Waals surface area contributed by atoms with Gasteiger partial charge in [-0.2, -0.15) is 0 Å². The Balaban J connectivity index is 3.22. The number of hydrogen-bond acceptors (Lipinski definition) is 2. The van der Waals surface area contributed by atoms with Crippen LogP contribution in [0.3, 0.4) is 0 Å². The molecule has 0 aromatic carbocycles. The summed E-state index contributed by atoms with van der Waals surface area (Å²) in [5.41, 5.74) is -0.743. The highest BCUT2D eigenvalue weighted by molar-refractivity contribution is 6.17. The van der Waals surface area contributed by atoms with Gasteiger partial charge in [0.1, 0.15) is 0 Å². The molecule has 4 nitrogen and oxygen atoms in total. The van der Waals surface area contributed by atoms with Crippen LogP contribution in [-0.2, 0) is 6.54 Å². The number of hydrogen-bond donors (Lipinski definition) is 1. The lowest BCUT2D eigenvalue weighted by molar-refractivity contribution is 0.677. The van der Waals surface area contributed by atoms with E-state index in [1.165, 1.54) is 12.3 Å². The first kappa shape index (κ1) is 8.07. The average Bonchev–Trinajstić information content (AvgIpc) is 1.97. The molecule has 1 aromatic heterocycles. The van der Waals surface area contributed by atoms with E-state index >= 15 is 0 Å². The van der Waals surface area contributed by atoms with Gasteiger partial charge in [0.15, 0.2) is 0 Å². The Morgan fingerprint density at radius 1 is 1.55 bits per heavy atom. The molecule has 0 atom stereocenters. The zero-order chi connectivity index (χ0) is 8.27. The normalized spacial score (nSPS) is 9.91. The monoisotopic (exact) mass is 174 g/mol. The van der Waals surface area contributed by atoms with E-state index in [0.717, 1.165) is 4.57 Å². The van der Waals surface area contributed by atoms with Crippen LogP contribution in [0.1, 0.15) is 0 Å². The SMILES string of the molecule is O=c1cc[nH]c(=O)n1CCCl. The van der Waals surface area contributed by atoms with Gasteiger partial charge in [0.25, 0.3) is 5.56 Å². The van der Waals surface area contributed by atoms with Crippen LogP contribution in [0.25, 0.3) is 0 Å². The summed E-state index contributed by atoms with van der Waals surface area (Å²) in [6.07, 6.45) is 1.31. The Bertz CT molecular complexity index is 313. The molecular weight excluding hydrogens is 168 g/mol. The number of alkyl halides is 1. The second-order valence-electron chi connectivity index (χ2n) is 1.96. The van der Waals surface area contributed by atoms with Crippen LogP contribution in [-0.4, -0.2) is 15.4 Å². The van der Waals surface area contributed by atoms with Crippen molar-refractivity contribution in [3.8, 4) is 0 Å². The van der Waals surface area contributed by atoms with Crippen molar-refractivity contribution >= 4 is 11.6 Å². The lowest BCUT2D eigenvalue weighted by Gasteiger charge is -1.97. The Kier molecular flexibility index (Phi) is 2.48. The average molecular weight is 175 g/mol. The minimum absolute atomic E-state index is 0.247. The third-order valence-corrected chi connectivity index (χ3v) is 1.42. The zero-order valence-corrected chi connectivity index (χ0v) is 6.47. The molecule has 1 N–H and O–H groups in total. The van der Waals surface area contributed by atoms with Crippen molar-refractivity contribution in [3.05, 3.63) is 33.1 Å². The summed E-state index contributed by atoms with van der Waals surface area (Å²) in [5, 5.41) is 0. The van der Waals surface area contributed by atoms with E-state index in [-0.39, 0.29) is 18.0 Å². The number of H-pyrrole nitrogens is 1. The third kappa shape index (κ3) is 1.71. The maximum absolute atomic E-state index is 10.9. The van der Waals surface area contributed by atoms with Gasteiger partial charge in [-0.1, -0.05) is 0 Å². The van der Waals surface area contributed by atoms with Crippen LogP contribution < -0.4 is 11.2 Å². The molecule has 0 fully saturated rings. The number of rotatable bonds is 2. The van der Waals surface area contributed by atoms with Crippen molar-refractivity contribution in [2.24, 2.45) is 0 Å². The molecule has 0 spiro atoms. The maximum atomic E-state index is 10.9. The second-order valence-corrected chi connectivity index (χ2v) is 2.34. The summed E-state index contributed by atoms with van der Waals surface area (Å²) in [7, 11) is 0. The molecule has 0 amide bonds. The molecule has 0 saturated heterocycles. The van der Waals surface area contributed by atoms with Crippen LogP contribution in [0.15, 0.2) is 21.9 Å². The molecule has 1 rings (SSSR count). The molecule has 0 unspecified atom stereocenters. The van der Waals surface area contributed by atoms with Crippen molar-refractivity contribution in [1.82, 2.24) is 9.55 Å². The highest BCUT2D eigenvalue weighted by Gasteiger charge is 1.96. The topological polar surface area (TPSA) is 54.9 Å². The molecule has 11 heavy (non-hydrogen) atoms. The fourth-order valence-electron chi connectivity index (χ4n) is 0.748. The molecule has 0 aliphatic rings. The first-order valence-electron chi connectivity index (χ1n) is 3.10. The van der Waals surface area contributed by atoms with Gasteiger partial charge in [-0.3, -0.25) is 9.36 Å². The maximum Gasteiger partial charge on any atom is 0.328 e. The van der Waals surface area contributed by atoms with Crippen LogP contribution in [0.4, 0.5) is 0 Å². The third-order valence-electron chi connectivity index (χ3n) is 1.25. The predicted octanol–water partition coefficient (Wildman–Crippen LogP) is -0.225. The summed E-state index contributed by atoms with van der Waals surface area (Å²) in [6, 6.07) is 1.29. The van der Waals surface area contributed by atoms with Crippen molar-refractivity contribution in [2.45, 2.75) is 6.54 Å². The van der Waals surface area contributed by atoms with Crippen molar-refractivity contribution in [2.75, 3.05) is 5.88 Å². The van der Waals surface area contributed by atoms with E-state index in [0.29, 0.717) is 0 Å². The molecule has 0 saturated carbocycles. The lowest BCUT2D eigenvalue weighted by atomic mass is 10.6. The molecule has 1 aromatic rings. The van der Waals surface area contributed by atoms with Gasteiger partial charge in [0.05, 0.1) is 0 Å². The van der Waals surface area contributed by atoms with Gasteiger partial charge >= 0.3 is 5.69 Å². The van der Waals surface area contributed by atoms with Crippen LogP contribution in [0.2, 0.25) is 0 Å². The first-order chi connectivity index (χ1) is 5.25. The van der Waals surface area contributed by atoms with Gasteiger partial charge in [-0.15, -0.1) is 11.6 Å². The van der Waals surface area contributed by atoms with E-state index in [1.807, 2.05) is 0 Å². The smallest absolute Gasteiger partial charge is 0.314 e. The minimum Gasteiger partial charge on any atom is -0.314 e. The van der Waals surface area contributed by atoms with Crippen molar-refractivity contribution in [1.29, 1.82) is 0 Å². The Morgan fingerprint density at radius 2 is 2.27 bits per heavy atom. The Hall–Kier alpha value is -1.03. The highest BCUT2D eigenvalue weighted by atomic mass is 35.5. The van der Waals surface area contributed by atoms with Crippen LogP contribution >= 0.6 is 11.6 Å². The zero-order valence-electron chi connectivity index (χ0n) is 5.71. The Labute approximate surface area is 67.4 Å². The van der Waals surface area contributed by atoms with Gasteiger partial charge in [-0.25, -0.2) is 4.79 Å². The van der Waals surface area contributed by atoms with E-state index in [2.05, 4.69) is 4.98 Å². The van der Waals surface area contributed by atoms with Crippen molar-refractivity contribution < 1.29 is 0 Å². The van der Waals surface area contributed by atoms with E-state index in [9.17, 15) is 9.59 Å². The first-order valence-corrected chi connectivity index (χ1v) is 3.63. The summed E-state index contributed by atoms with van der Waals surface area (Å²) >= 11 is 5.37. The number of nitrogens with one attached hydrogen (secondary N) is 1. The largest absolute Gasteiger partial charge is 0.328 e. The summed E-state index contributed by atoms with van der Waals surface area (Å²) in [5.74, 6) is 0.257. The molecule has 5 heteroatoms. The fraction of sp³-hybridized carbons (Fsp3) is 0.333. The minimum atomic E-state index is -0.418. The van der Waals surface area contributed by atoms with Gasteiger partial charge in [0, 0.05) is 24.7 Å². The second kappa shape index (κ2) is 3.39. The van der Waals surface area contributed by atoms with Crippen molar-refractivity contribution in [3.63, 3.8) is 0 Å². The molecule has 0 aliphatic heterocycles. The summed E-state index contributed by atoms with van der Waals surface area (Å²) < 4.78 is 1.05. The van der Waals surface area contributed by atoms with Gasteiger partial charge in [0.2, 0.25) is 0 Å². The molecule has 1 heterocycles. The predicted molar refractivity (Wildman–Crippen MR) is 42.0 cm³/mol. The molecule has 0 aliphatic carbocycles. The Morgan fingerprint density at radius 3 is 2.82 bits per heavy atom. The standard InChI is InChI=1S/C6H7ClN2O2/c7-2-4-9-5(10)1-3-8-6(9)11/h1,3H,2,4H2,(H,8,11). The van der Waals surface area contributed by atoms with E-state index < -0.39 is 5.69 Å². The molecule has 60 valence electrons. The van der Waals surface area contributed by atoms with E-state index in [1.54, 1.807) is 0 Å². The highest BCUT2D eigenvalue weighted by Crippen LogP contribution is 1.76. The summed E-state index contributed by atoms with van der Waals surface area (Å²) in [4.78, 5) is 24.2. The quantitative estimate of drug-likeness (QED) is 0.630. The van der Waals surface area contributed by atoms with E-state index in [4.69, 9.17) is 11.6 Å². The van der Waals surface area contributed by atoms with Gasteiger partial charge < -0.3 is 4.98 Å². The number of halogens is 1. The molecular formula is C6H7ClN2O2. The fourth-order valence-corrected chi connectivity index (χ4v) is 0.918. The van der Waals surface area contributed by atoms with Crippen LogP contribution in [0.5, 0.6) is 0 Å². The molecule has 0 radical (unpaired) electrons. The number of aromatic amines is 1. The molecule has 0 bridgehead atoms. The number of nitrogens with zero attached hydrogens (tertiary/aromatic N) is 1.